The fourth-order valence-corrected chi connectivity index (χ4v) is 2.60. The van der Waals surface area contributed by atoms with Gasteiger partial charge in [0.15, 0.2) is 0 Å². The van der Waals surface area contributed by atoms with E-state index in [1.807, 2.05) is 13.0 Å². The van der Waals surface area contributed by atoms with Crippen molar-refractivity contribution in [2.75, 3.05) is 11.7 Å². The maximum atomic E-state index is 12.6. The van der Waals surface area contributed by atoms with Crippen LogP contribution in [0, 0.1) is 0 Å². The van der Waals surface area contributed by atoms with Crippen molar-refractivity contribution >= 4 is 28.2 Å². The van der Waals surface area contributed by atoms with E-state index in [1.165, 1.54) is 11.3 Å². The van der Waals surface area contributed by atoms with Gasteiger partial charge in [-0.2, -0.15) is 5.06 Å². The lowest BCUT2D eigenvalue weighted by Crippen LogP contribution is -2.32. The molecule has 0 unspecified atom stereocenters. The van der Waals surface area contributed by atoms with Crippen LogP contribution in [0.15, 0.2) is 41.8 Å². The highest BCUT2D eigenvalue weighted by Gasteiger charge is 2.24. The van der Waals surface area contributed by atoms with E-state index in [2.05, 4.69) is 0 Å². The highest BCUT2D eigenvalue weighted by atomic mass is 32.1. The molecule has 0 saturated carbocycles. The molecule has 0 fully saturated rings. The van der Waals surface area contributed by atoms with Gasteiger partial charge in [0.2, 0.25) is 0 Å². The Kier molecular flexibility index (Phi) is 5.08. The third kappa shape index (κ3) is 3.48. The molecular formula is C15H16N2O3S. The summed E-state index contributed by atoms with van der Waals surface area (Å²) in [6.45, 7) is 2.31. The number of primary amides is 1. The number of carbonyl (C=O) groups excluding carboxylic acids is 2. The zero-order valence-corrected chi connectivity index (χ0v) is 12.4. The van der Waals surface area contributed by atoms with Gasteiger partial charge in [0.1, 0.15) is 5.00 Å². The standard InChI is InChI=1S/C15H16N2O3S/c1-2-9-20-17(14(19)11-6-4-3-5-7-11)15-12(13(16)18)8-10-21-15/h3-8,10H,2,9H2,1H3,(H2,16,18). The number of benzene rings is 1. The Balaban J connectivity index is 2.36. The van der Waals surface area contributed by atoms with Gasteiger partial charge in [-0.1, -0.05) is 25.1 Å². The van der Waals surface area contributed by atoms with Crippen molar-refractivity contribution in [3.63, 3.8) is 0 Å². The minimum absolute atomic E-state index is 0.278. The summed E-state index contributed by atoms with van der Waals surface area (Å²) in [5.74, 6) is -0.911. The molecule has 0 bridgehead atoms. The lowest BCUT2D eigenvalue weighted by molar-refractivity contribution is 0.0653. The van der Waals surface area contributed by atoms with E-state index in [1.54, 1.807) is 35.7 Å². The Morgan fingerprint density at radius 3 is 2.57 bits per heavy atom. The first-order valence-corrected chi connectivity index (χ1v) is 7.42. The summed E-state index contributed by atoms with van der Waals surface area (Å²) in [7, 11) is 0. The van der Waals surface area contributed by atoms with Gasteiger partial charge < -0.3 is 5.73 Å². The van der Waals surface area contributed by atoms with Crippen LogP contribution in [0.4, 0.5) is 5.00 Å². The molecule has 0 saturated heterocycles. The van der Waals surface area contributed by atoms with Crippen molar-refractivity contribution < 1.29 is 14.4 Å². The van der Waals surface area contributed by atoms with E-state index in [0.717, 1.165) is 11.5 Å². The predicted molar refractivity (Wildman–Crippen MR) is 82.3 cm³/mol. The minimum Gasteiger partial charge on any atom is -0.366 e. The number of thiophene rings is 1. The van der Waals surface area contributed by atoms with Crippen LogP contribution in [0.5, 0.6) is 0 Å². The van der Waals surface area contributed by atoms with Crippen LogP contribution in [-0.2, 0) is 4.84 Å². The number of hydrogen-bond acceptors (Lipinski definition) is 4. The summed E-state index contributed by atoms with van der Waals surface area (Å²) in [5.41, 5.74) is 6.10. The minimum atomic E-state index is -0.586. The van der Waals surface area contributed by atoms with E-state index >= 15 is 0 Å². The maximum Gasteiger partial charge on any atom is 0.282 e. The SMILES string of the molecule is CCCON(C(=O)c1ccccc1)c1sccc1C(N)=O. The molecule has 2 N–H and O–H groups in total. The highest BCUT2D eigenvalue weighted by Crippen LogP contribution is 2.29. The van der Waals surface area contributed by atoms with Gasteiger partial charge >= 0.3 is 0 Å². The lowest BCUT2D eigenvalue weighted by Gasteiger charge is -2.21. The molecule has 2 amide bonds. The van der Waals surface area contributed by atoms with Gasteiger partial charge in [-0.25, -0.2) is 0 Å². The van der Waals surface area contributed by atoms with Gasteiger partial charge in [0.05, 0.1) is 12.2 Å². The average Bonchev–Trinajstić information content (AvgIpc) is 2.98. The Morgan fingerprint density at radius 1 is 1.24 bits per heavy atom. The van der Waals surface area contributed by atoms with Crippen LogP contribution in [0.1, 0.15) is 34.1 Å². The molecule has 1 aromatic heterocycles. The summed E-state index contributed by atoms with van der Waals surface area (Å²) in [5, 5.41) is 3.27. The van der Waals surface area contributed by atoms with Crippen LogP contribution in [0.2, 0.25) is 0 Å². The molecule has 0 aliphatic heterocycles. The van der Waals surface area contributed by atoms with Crippen LogP contribution in [0.3, 0.4) is 0 Å². The van der Waals surface area contributed by atoms with Gasteiger partial charge in [0.25, 0.3) is 11.8 Å². The van der Waals surface area contributed by atoms with Crippen LogP contribution in [0.25, 0.3) is 0 Å². The zero-order valence-electron chi connectivity index (χ0n) is 11.6. The normalized spacial score (nSPS) is 10.3. The molecule has 0 aliphatic rings. The number of rotatable bonds is 6. The molecule has 0 atom stereocenters. The fraction of sp³-hybridized carbons (Fsp3) is 0.200. The van der Waals surface area contributed by atoms with Gasteiger partial charge in [0, 0.05) is 5.56 Å². The number of hydrogen-bond donors (Lipinski definition) is 1. The first-order chi connectivity index (χ1) is 10.1. The molecule has 0 radical (unpaired) electrons. The fourth-order valence-electron chi connectivity index (χ4n) is 1.74. The van der Waals surface area contributed by atoms with E-state index < -0.39 is 5.91 Å². The number of nitrogens with zero attached hydrogens (tertiary/aromatic N) is 1. The van der Waals surface area contributed by atoms with Crippen molar-refractivity contribution in [2.24, 2.45) is 5.73 Å². The summed E-state index contributed by atoms with van der Waals surface area (Å²) >= 11 is 1.24. The van der Waals surface area contributed by atoms with Crippen molar-refractivity contribution in [1.82, 2.24) is 0 Å². The highest BCUT2D eigenvalue weighted by molar-refractivity contribution is 7.14. The molecule has 0 aliphatic carbocycles. The molecule has 1 heterocycles. The Bertz CT molecular complexity index is 625. The first-order valence-electron chi connectivity index (χ1n) is 6.55. The number of nitrogens with two attached hydrogens (primary N) is 1. The Morgan fingerprint density at radius 2 is 1.95 bits per heavy atom. The van der Waals surface area contributed by atoms with Crippen molar-refractivity contribution in [3.05, 3.63) is 52.9 Å². The van der Waals surface area contributed by atoms with Crippen molar-refractivity contribution in [2.45, 2.75) is 13.3 Å². The van der Waals surface area contributed by atoms with Crippen molar-refractivity contribution in [3.8, 4) is 0 Å². The second-order valence-corrected chi connectivity index (χ2v) is 5.20. The molecular weight excluding hydrogens is 288 g/mol. The summed E-state index contributed by atoms with van der Waals surface area (Å²) in [6.07, 6.45) is 0.746. The smallest absolute Gasteiger partial charge is 0.282 e. The predicted octanol–water partition coefficient (Wildman–Crippen LogP) is 2.84. The molecule has 110 valence electrons. The lowest BCUT2D eigenvalue weighted by atomic mass is 10.2. The van der Waals surface area contributed by atoms with Gasteiger partial charge in [-0.3, -0.25) is 14.4 Å². The molecule has 5 nitrogen and oxygen atoms in total. The molecule has 21 heavy (non-hydrogen) atoms. The number of carbonyl (C=O) groups is 2. The van der Waals surface area contributed by atoms with Gasteiger partial charge in [-0.15, -0.1) is 11.3 Å². The van der Waals surface area contributed by atoms with Crippen LogP contribution >= 0.6 is 11.3 Å². The molecule has 1 aromatic carbocycles. The summed E-state index contributed by atoms with van der Waals surface area (Å²) in [4.78, 5) is 29.6. The average molecular weight is 304 g/mol. The largest absolute Gasteiger partial charge is 0.366 e. The molecule has 2 aromatic rings. The van der Waals surface area contributed by atoms with E-state index in [9.17, 15) is 9.59 Å². The molecule has 0 spiro atoms. The van der Waals surface area contributed by atoms with E-state index in [4.69, 9.17) is 10.6 Å². The Hall–Kier alpha value is -2.18. The second-order valence-electron chi connectivity index (χ2n) is 4.30. The number of amides is 2. The van der Waals surface area contributed by atoms with E-state index in [-0.39, 0.29) is 11.5 Å². The number of hydroxylamine groups is 1. The van der Waals surface area contributed by atoms with Crippen molar-refractivity contribution in [1.29, 1.82) is 0 Å². The third-order valence-corrected chi connectivity index (χ3v) is 3.61. The number of anilines is 1. The Labute approximate surface area is 126 Å². The quantitative estimate of drug-likeness (QED) is 0.834. The summed E-state index contributed by atoms with van der Waals surface area (Å²) in [6, 6.07) is 10.4. The molecule has 2 rings (SSSR count). The van der Waals surface area contributed by atoms with Gasteiger partial charge in [-0.05, 0) is 30.0 Å². The third-order valence-electron chi connectivity index (χ3n) is 2.72. The summed E-state index contributed by atoms with van der Waals surface area (Å²) < 4.78 is 0. The molecule has 6 heteroatoms. The zero-order chi connectivity index (χ0) is 15.2. The topological polar surface area (TPSA) is 72.6 Å². The van der Waals surface area contributed by atoms with Crippen LogP contribution < -0.4 is 10.8 Å². The second kappa shape index (κ2) is 7.01. The van der Waals surface area contributed by atoms with Crippen LogP contribution in [-0.4, -0.2) is 18.4 Å². The maximum absolute atomic E-state index is 12.6. The van der Waals surface area contributed by atoms with E-state index in [0.29, 0.717) is 17.2 Å². The first kappa shape index (κ1) is 15.2. The monoisotopic (exact) mass is 304 g/mol.